The first-order chi connectivity index (χ1) is 55.8. The van der Waals surface area contributed by atoms with Crippen LogP contribution >= 0.6 is 0 Å². The van der Waals surface area contributed by atoms with Crippen molar-refractivity contribution in [3.8, 4) is 0 Å². The molecule has 656 valence electrons. The topological polar surface area (TPSA) is 338 Å². The summed E-state index contributed by atoms with van der Waals surface area (Å²) in [6.45, 7) is 23.8. The average molecular weight is 1640 g/mol. The van der Waals surface area contributed by atoms with Gasteiger partial charge in [-0.1, -0.05) is 128 Å². The van der Waals surface area contributed by atoms with E-state index >= 15 is 0 Å². The molecule has 117 heavy (non-hydrogen) atoms. The monoisotopic (exact) mass is 1640 g/mol. The molecule has 14 fully saturated rings. The van der Waals surface area contributed by atoms with Crippen LogP contribution in [0.2, 0.25) is 0 Å². The second kappa shape index (κ2) is 42.0. The SMILES string of the molecule is CN(C)C(=O)N1C[C@@H]2CC(CC3CCCCC3)(N=CC=O)C[C@@H]2C1.CN(C)C(=O)N1C[C@@H]2CC(N)(CC3CCCCC3)C[C@@H]2C1.O=C(O)C(O)C(O)C(=O)O.[C-]#[N+][C@@H]1CCCN1C(=O)CNC1(CC2CCCCC2)C[C@H]2CN(C(=O)N(C)C)C[C@H]2C1.[C-]#[N+][C@@H]1CCCN1C(=O)CNC1(CC2CCCCC2)C[C@H]2CN(C(=O)N(C)C)C[C@H]2C1. The third-order valence-corrected chi connectivity index (χ3v) is 29.6. The minimum absolute atomic E-state index is 0.00752. The van der Waals surface area contributed by atoms with Gasteiger partial charge in [-0.05, 0) is 161 Å². The van der Waals surface area contributed by atoms with Crippen molar-refractivity contribution < 1.29 is 63.6 Å². The first-order valence-electron chi connectivity index (χ1n) is 45.0. The van der Waals surface area contributed by atoms with Gasteiger partial charge in [0.05, 0.1) is 24.8 Å². The summed E-state index contributed by atoms with van der Waals surface area (Å²) in [5.41, 5.74) is 6.77. The second-order valence-corrected chi connectivity index (χ2v) is 39.4. The van der Waals surface area contributed by atoms with E-state index in [1.165, 1.54) is 141 Å². The Bertz CT molecular complexity index is 3260. The van der Waals surface area contributed by atoms with Gasteiger partial charge in [0.1, 0.15) is 0 Å². The maximum absolute atomic E-state index is 12.9. The van der Waals surface area contributed by atoms with Crippen molar-refractivity contribution in [3.05, 3.63) is 22.8 Å². The van der Waals surface area contributed by atoms with E-state index in [0.717, 1.165) is 192 Å². The normalized spacial score (nSPS) is 32.6. The van der Waals surface area contributed by atoms with E-state index in [0.29, 0.717) is 60.4 Å². The lowest BCUT2D eigenvalue weighted by molar-refractivity contribution is -0.165. The molecule has 8 aliphatic carbocycles. The summed E-state index contributed by atoms with van der Waals surface area (Å²) in [4.78, 5) is 136. The molecule has 0 aromatic heterocycles. The molecule has 16 atom stereocenters. The minimum Gasteiger partial charge on any atom is -0.479 e. The highest BCUT2D eigenvalue weighted by Gasteiger charge is 2.55. The van der Waals surface area contributed by atoms with Crippen LogP contribution in [0.4, 0.5) is 19.2 Å². The van der Waals surface area contributed by atoms with Crippen molar-refractivity contribution in [2.75, 3.05) is 135 Å². The number of aliphatic carboxylic acids is 2. The number of amides is 10. The van der Waals surface area contributed by atoms with E-state index in [2.05, 4.69) is 20.3 Å². The molecule has 6 aliphatic heterocycles. The Morgan fingerprint density at radius 3 is 0.966 bits per heavy atom. The number of carboxylic acid groups (broad SMARTS) is 2. The van der Waals surface area contributed by atoms with Gasteiger partial charge in [-0.3, -0.25) is 38.9 Å². The highest BCUT2D eigenvalue weighted by molar-refractivity contribution is 6.13. The fourth-order valence-electron chi connectivity index (χ4n) is 24.3. The Morgan fingerprint density at radius 2 is 0.692 bits per heavy atom. The van der Waals surface area contributed by atoms with Gasteiger partial charge in [-0.2, -0.15) is 0 Å². The first-order valence-corrected chi connectivity index (χ1v) is 45.0. The van der Waals surface area contributed by atoms with Crippen LogP contribution in [0.15, 0.2) is 4.99 Å². The van der Waals surface area contributed by atoms with E-state index < -0.39 is 24.1 Å². The number of hydrogen-bond donors (Lipinski definition) is 7. The minimum atomic E-state index is -2.27. The summed E-state index contributed by atoms with van der Waals surface area (Å²) < 4.78 is 0. The van der Waals surface area contributed by atoms with Gasteiger partial charge in [0, 0.05) is 151 Å². The van der Waals surface area contributed by atoms with E-state index in [9.17, 15) is 43.2 Å². The number of fused-ring (bicyclic) bond motifs is 4. The van der Waals surface area contributed by atoms with Gasteiger partial charge >= 0.3 is 48.4 Å². The first kappa shape index (κ1) is 92.4. The molecule has 6 unspecified atom stereocenters. The number of nitrogens with zero attached hydrogens (tertiary/aromatic N) is 13. The summed E-state index contributed by atoms with van der Waals surface area (Å²) >= 11 is 0. The summed E-state index contributed by atoms with van der Waals surface area (Å²) in [5, 5.41) is 40.0. The van der Waals surface area contributed by atoms with E-state index in [1.807, 2.05) is 76.0 Å². The molecule has 0 aromatic rings. The Labute approximate surface area is 697 Å². The molecule has 0 spiro atoms. The number of carbonyl (C=O) groups excluding carboxylic acids is 7. The van der Waals surface area contributed by atoms with Crippen LogP contribution in [0.1, 0.15) is 231 Å². The number of aliphatic hydroxyl groups excluding tert-OH is 2. The quantitative estimate of drug-likeness (QED) is 0.0359. The summed E-state index contributed by atoms with van der Waals surface area (Å²) in [5.74, 6) is 4.23. The Hall–Kier alpha value is -6.92. The van der Waals surface area contributed by atoms with Crippen molar-refractivity contribution in [1.82, 2.24) is 59.6 Å². The van der Waals surface area contributed by atoms with E-state index in [-0.39, 0.29) is 70.4 Å². The second-order valence-electron chi connectivity index (χ2n) is 39.4. The lowest BCUT2D eigenvalue weighted by Gasteiger charge is -2.37. The van der Waals surface area contributed by atoms with Gasteiger partial charge in [-0.25, -0.2) is 41.9 Å². The van der Waals surface area contributed by atoms with Crippen LogP contribution in [0.5, 0.6) is 0 Å². The van der Waals surface area contributed by atoms with E-state index in [4.69, 9.17) is 44.3 Å². The van der Waals surface area contributed by atoms with Crippen molar-refractivity contribution >= 4 is 60.4 Å². The van der Waals surface area contributed by atoms with Crippen molar-refractivity contribution in [3.63, 3.8) is 0 Å². The summed E-state index contributed by atoms with van der Waals surface area (Å²) in [7, 11) is 14.6. The van der Waals surface area contributed by atoms with Gasteiger partial charge < -0.3 is 76.0 Å². The number of hydrogen-bond acceptors (Lipinski definition) is 15. The molecular weight excluding hydrogens is 1490 g/mol. The lowest BCUT2D eigenvalue weighted by atomic mass is 9.77. The molecule has 6 heterocycles. The molecule has 8 N–H and O–H groups in total. The number of aldehydes is 1. The fourth-order valence-corrected chi connectivity index (χ4v) is 24.3. The Morgan fingerprint density at radius 1 is 0.419 bits per heavy atom. The molecule has 0 radical (unpaired) electrons. The maximum Gasteiger partial charge on any atom is 0.335 e. The van der Waals surface area contributed by atoms with Gasteiger partial charge in [0.15, 0.2) is 18.5 Å². The van der Waals surface area contributed by atoms with Crippen LogP contribution in [0.3, 0.4) is 0 Å². The number of urea groups is 4. The van der Waals surface area contributed by atoms with Crippen LogP contribution < -0.4 is 16.4 Å². The Kier molecular flexibility index (Phi) is 33.2. The molecule has 10 amide bonds. The lowest BCUT2D eigenvalue weighted by Crippen LogP contribution is -2.51. The predicted molar refractivity (Wildman–Crippen MR) is 448 cm³/mol. The summed E-state index contributed by atoms with van der Waals surface area (Å²) in [6.07, 6.45) is 40.9. The number of nitrogens with one attached hydrogen (secondary N) is 2. The van der Waals surface area contributed by atoms with Crippen molar-refractivity contribution in [2.24, 2.45) is 81.7 Å². The van der Waals surface area contributed by atoms with Crippen LogP contribution in [0.25, 0.3) is 9.69 Å². The van der Waals surface area contributed by atoms with Gasteiger partial charge in [0.25, 0.3) is 0 Å². The number of aliphatic hydroxyl groups is 2. The van der Waals surface area contributed by atoms with Gasteiger partial charge in [-0.15, -0.1) is 0 Å². The number of rotatable bonds is 19. The molecule has 6 saturated heterocycles. The van der Waals surface area contributed by atoms with Crippen LogP contribution in [0, 0.1) is 84.2 Å². The number of aliphatic imine (C=N–C) groups is 1. The molecular formula is C88H146N16O13. The largest absolute Gasteiger partial charge is 0.479 e. The molecule has 14 aliphatic rings. The third-order valence-electron chi connectivity index (χ3n) is 29.6. The molecule has 14 rings (SSSR count). The number of likely N-dealkylation sites (tertiary alicyclic amines) is 6. The molecule has 0 bridgehead atoms. The number of carbonyl (C=O) groups is 9. The predicted octanol–water partition coefficient (Wildman–Crippen LogP) is 9.90. The van der Waals surface area contributed by atoms with Gasteiger partial charge in [0.2, 0.25) is 11.8 Å². The molecule has 29 heteroatoms. The molecule has 29 nitrogen and oxygen atoms in total. The smallest absolute Gasteiger partial charge is 0.335 e. The van der Waals surface area contributed by atoms with Crippen molar-refractivity contribution in [1.29, 1.82) is 0 Å². The number of carboxylic acids is 2. The third kappa shape index (κ3) is 24.5. The standard InChI is InChI=1S/2C24H39N5O2.C19H31N3O2.C17H31N3O.C4H6O6/c2*1-25-21-10-7-11-29(21)22(30)15-26-24(12-18-8-5-4-6-9-18)13-19-16-28(17-20(19)14-24)23(31)27(2)3;1-21(2)18(24)22-13-16-11-19(20-8-9-23,12-17(16)14-22)10-15-6-4-3-5-7-15;1-19(2)16(21)20-11-14-9-17(18,10-15(14)12-20)8-13-6-4-3-5-7-13;5-1(3(7)8)2(6)4(9)10/h2*18-21,26H,4-17H2,2-3H3;8-9,15-17H,3-7,10-14H2,1-2H3;13-15H,3-12,18H2,1-2H3;1-2,5-6H,(H,7,8)(H,9,10)/t2*19-,20+,21-,24?;16-,17+,19?;14-,15+,17?;/m00.../s1. The summed E-state index contributed by atoms with van der Waals surface area (Å²) in [6, 6.07) is 0.530. The zero-order chi connectivity index (χ0) is 84.5. The van der Waals surface area contributed by atoms with Crippen LogP contribution in [-0.2, 0) is 24.0 Å². The van der Waals surface area contributed by atoms with E-state index in [1.54, 1.807) is 29.4 Å². The molecule has 0 aromatic carbocycles. The molecule has 8 saturated carbocycles. The van der Waals surface area contributed by atoms with Crippen molar-refractivity contribution in [2.45, 2.75) is 278 Å². The highest BCUT2D eigenvalue weighted by Crippen LogP contribution is 2.53. The Balaban J connectivity index is 0.000000160. The zero-order valence-electron chi connectivity index (χ0n) is 72.2. The average Bonchev–Trinajstić information content (AvgIpc) is 1.65. The van der Waals surface area contributed by atoms with Crippen LogP contribution in [-0.4, -0.2) is 311 Å². The highest BCUT2D eigenvalue weighted by atomic mass is 16.4. The maximum atomic E-state index is 12.9. The zero-order valence-corrected chi connectivity index (χ0v) is 72.2. The fraction of sp³-hybridized carbons (Fsp3) is 0.864. The number of nitrogens with two attached hydrogens (primary N) is 1.